The molecule has 7 nitrogen and oxygen atoms in total. The Labute approximate surface area is 184 Å². The van der Waals surface area contributed by atoms with Gasteiger partial charge in [0.05, 0.1) is 10.6 Å². The van der Waals surface area contributed by atoms with Gasteiger partial charge in [0, 0.05) is 6.54 Å². The summed E-state index contributed by atoms with van der Waals surface area (Å²) in [6, 6.07) is 9.60. The lowest BCUT2D eigenvalue weighted by molar-refractivity contribution is -0.121. The van der Waals surface area contributed by atoms with Crippen LogP contribution in [0.3, 0.4) is 0 Å². The first kappa shape index (κ1) is 20.6. The Morgan fingerprint density at radius 2 is 2.10 bits per heavy atom. The lowest BCUT2D eigenvalue weighted by Gasteiger charge is -2.26. The van der Waals surface area contributed by atoms with Gasteiger partial charge < -0.3 is 5.32 Å². The first-order valence-corrected chi connectivity index (χ1v) is 11.1. The van der Waals surface area contributed by atoms with Crippen LogP contribution in [0.25, 0.3) is 10.7 Å². The molecule has 0 saturated carbocycles. The number of H-pyrrole nitrogens is 1. The highest BCUT2D eigenvalue weighted by Gasteiger charge is 2.30. The molecule has 1 atom stereocenters. The fraction of sp³-hybridized carbons (Fsp3) is 0.333. The van der Waals surface area contributed by atoms with E-state index in [0.29, 0.717) is 22.3 Å². The van der Waals surface area contributed by atoms with E-state index in [9.17, 15) is 4.79 Å². The molecule has 2 N–H and O–H groups in total. The predicted octanol–water partition coefficient (Wildman–Crippen LogP) is 4.33. The minimum atomic E-state index is -0.323. The van der Waals surface area contributed by atoms with Gasteiger partial charge in [-0.25, -0.2) is 4.98 Å². The van der Waals surface area contributed by atoms with Crippen LogP contribution >= 0.6 is 23.6 Å². The number of amides is 1. The van der Waals surface area contributed by atoms with Crippen LogP contribution in [0.1, 0.15) is 30.1 Å². The van der Waals surface area contributed by atoms with Crippen LogP contribution in [0.4, 0.5) is 5.13 Å². The molecule has 1 amide bonds. The Kier molecular flexibility index (Phi) is 6.21. The van der Waals surface area contributed by atoms with E-state index < -0.39 is 0 Å². The van der Waals surface area contributed by atoms with Crippen molar-refractivity contribution in [3.63, 3.8) is 0 Å². The van der Waals surface area contributed by atoms with Crippen LogP contribution in [-0.2, 0) is 11.3 Å². The maximum atomic E-state index is 13.3. The molecule has 9 heteroatoms. The minimum Gasteiger partial charge on any atom is -0.300 e. The summed E-state index contributed by atoms with van der Waals surface area (Å²) in [4.78, 5) is 21.0. The topological polar surface area (TPSA) is 78.8 Å². The third-order valence-electron chi connectivity index (χ3n) is 5.17. The summed E-state index contributed by atoms with van der Waals surface area (Å²) in [7, 11) is 0. The quantitative estimate of drug-likeness (QED) is 0.422. The highest BCUT2D eigenvalue weighted by molar-refractivity contribution is 7.71. The second-order valence-corrected chi connectivity index (χ2v) is 8.62. The SMILES string of the molecule is C=CCn1c(-c2sc(NC(=O)C(c3ccccc3)N3CCCC3)nc2C)n[nH]c1=S. The lowest BCUT2D eigenvalue weighted by Crippen LogP contribution is -2.35. The number of hydrogen-bond donors (Lipinski definition) is 2. The number of carbonyl (C=O) groups excluding carboxylic acids is 1. The summed E-state index contributed by atoms with van der Waals surface area (Å²) in [5.41, 5.74) is 1.80. The fourth-order valence-corrected chi connectivity index (χ4v) is 4.96. The summed E-state index contributed by atoms with van der Waals surface area (Å²) in [6.45, 7) is 8.09. The van der Waals surface area contributed by atoms with Crippen LogP contribution in [0, 0.1) is 11.7 Å². The van der Waals surface area contributed by atoms with Crippen LogP contribution in [0.15, 0.2) is 43.0 Å². The van der Waals surface area contributed by atoms with Crippen molar-refractivity contribution >= 4 is 34.6 Å². The number of rotatable bonds is 7. The first-order chi connectivity index (χ1) is 14.6. The maximum Gasteiger partial charge on any atom is 0.248 e. The van der Waals surface area contributed by atoms with Crippen molar-refractivity contribution in [3.8, 4) is 10.7 Å². The Morgan fingerprint density at radius 3 is 2.80 bits per heavy atom. The molecule has 2 aromatic heterocycles. The molecule has 3 aromatic rings. The zero-order valence-corrected chi connectivity index (χ0v) is 18.4. The Bertz CT molecular complexity index is 1090. The van der Waals surface area contributed by atoms with Gasteiger partial charge in [-0.1, -0.05) is 47.7 Å². The molecule has 0 radical (unpaired) electrons. The number of aryl methyl sites for hydroxylation is 1. The Hall–Kier alpha value is -2.62. The summed E-state index contributed by atoms with van der Waals surface area (Å²) >= 11 is 6.72. The molecule has 0 spiro atoms. The monoisotopic (exact) mass is 440 g/mol. The predicted molar refractivity (Wildman–Crippen MR) is 122 cm³/mol. The van der Waals surface area contributed by atoms with E-state index in [1.54, 1.807) is 6.08 Å². The number of aromatic nitrogens is 4. The molecular formula is C21H24N6OS2. The largest absolute Gasteiger partial charge is 0.300 e. The first-order valence-electron chi connectivity index (χ1n) is 9.92. The summed E-state index contributed by atoms with van der Waals surface area (Å²) in [5.74, 6) is 0.642. The van der Waals surface area contributed by atoms with Crippen LogP contribution < -0.4 is 5.32 Å². The third-order valence-corrected chi connectivity index (χ3v) is 6.55. The molecular weight excluding hydrogens is 416 g/mol. The summed E-state index contributed by atoms with van der Waals surface area (Å²) in [6.07, 6.45) is 4.00. The van der Waals surface area contributed by atoms with Crippen LogP contribution in [0.2, 0.25) is 0 Å². The van der Waals surface area contributed by atoms with Gasteiger partial charge >= 0.3 is 0 Å². The average Bonchev–Trinajstić information content (AvgIpc) is 3.46. The number of anilines is 1. The molecule has 30 heavy (non-hydrogen) atoms. The van der Waals surface area contributed by atoms with Crippen molar-refractivity contribution in [2.75, 3.05) is 18.4 Å². The molecule has 1 aliphatic heterocycles. The van der Waals surface area contributed by atoms with Gasteiger partial charge in [-0.2, -0.15) is 5.10 Å². The van der Waals surface area contributed by atoms with E-state index in [0.717, 1.165) is 42.1 Å². The number of nitrogens with zero attached hydrogens (tertiary/aromatic N) is 4. The van der Waals surface area contributed by atoms with E-state index in [-0.39, 0.29) is 11.9 Å². The summed E-state index contributed by atoms with van der Waals surface area (Å²) in [5, 5.41) is 10.8. The van der Waals surface area contributed by atoms with Crippen molar-refractivity contribution in [3.05, 3.63) is 59.0 Å². The van der Waals surface area contributed by atoms with Crippen molar-refractivity contribution in [2.24, 2.45) is 0 Å². The molecule has 1 aliphatic rings. The minimum absolute atomic E-state index is 0.0617. The lowest BCUT2D eigenvalue weighted by atomic mass is 10.1. The van der Waals surface area contributed by atoms with E-state index in [1.165, 1.54) is 11.3 Å². The van der Waals surface area contributed by atoms with Crippen LogP contribution in [-0.4, -0.2) is 43.6 Å². The number of aromatic amines is 1. The molecule has 1 saturated heterocycles. The van der Waals surface area contributed by atoms with Crippen molar-refractivity contribution in [1.82, 2.24) is 24.6 Å². The van der Waals surface area contributed by atoms with Gasteiger partial charge in [0.2, 0.25) is 5.91 Å². The Morgan fingerprint density at radius 1 is 1.37 bits per heavy atom. The second kappa shape index (κ2) is 9.03. The van der Waals surface area contributed by atoms with E-state index in [2.05, 4.69) is 32.0 Å². The second-order valence-electron chi connectivity index (χ2n) is 7.23. The molecule has 0 aliphatic carbocycles. The van der Waals surface area contributed by atoms with Crippen molar-refractivity contribution in [1.29, 1.82) is 0 Å². The van der Waals surface area contributed by atoms with Gasteiger partial charge in [-0.05, 0) is 50.6 Å². The molecule has 156 valence electrons. The number of allylic oxidation sites excluding steroid dienone is 1. The highest BCUT2D eigenvalue weighted by Crippen LogP contribution is 2.33. The average molecular weight is 441 g/mol. The molecule has 4 rings (SSSR count). The number of benzene rings is 1. The summed E-state index contributed by atoms with van der Waals surface area (Å²) < 4.78 is 2.40. The normalized spacial score (nSPS) is 15.2. The zero-order chi connectivity index (χ0) is 21.1. The standard InChI is InChI=1S/C21H24N6OS2/c1-3-11-27-18(24-25-21(27)29)17-14(2)22-20(30-17)23-19(28)16(26-12-7-8-13-26)15-9-5-4-6-10-15/h3-6,9-10,16H,1,7-8,11-13H2,2H3,(H,25,29)(H,22,23,28). The number of carbonyl (C=O) groups is 1. The van der Waals surface area contributed by atoms with Gasteiger partial charge in [0.15, 0.2) is 15.7 Å². The van der Waals surface area contributed by atoms with E-state index >= 15 is 0 Å². The molecule has 3 heterocycles. The van der Waals surface area contributed by atoms with Gasteiger partial charge in [0.25, 0.3) is 0 Å². The zero-order valence-electron chi connectivity index (χ0n) is 16.8. The molecule has 1 aromatic carbocycles. The van der Waals surface area contributed by atoms with E-state index in [1.807, 2.05) is 41.8 Å². The molecule has 0 bridgehead atoms. The molecule has 1 unspecified atom stereocenters. The smallest absolute Gasteiger partial charge is 0.248 e. The van der Waals surface area contributed by atoms with Gasteiger partial charge in [0.1, 0.15) is 6.04 Å². The van der Waals surface area contributed by atoms with Gasteiger partial charge in [-0.15, -0.1) is 6.58 Å². The van der Waals surface area contributed by atoms with Crippen molar-refractivity contribution in [2.45, 2.75) is 32.4 Å². The van der Waals surface area contributed by atoms with Crippen LogP contribution in [0.5, 0.6) is 0 Å². The highest BCUT2D eigenvalue weighted by atomic mass is 32.1. The van der Waals surface area contributed by atoms with Crippen molar-refractivity contribution < 1.29 is 4.79 Å². The number of hydrogen-bond acceptors (Lipinski definition) is 6. The number of thiazole rings is 1. The number of nitrogens with one attached hydrogen (secondary N) is 2. The number of likely N-dealkylation sites (tertiary alicyclic amines) is 1. The fourth-order valence-electron chi connectivity index (χ4n) is 3.78. The van der Waals surface area contributed by atoms with Gasteiger partial charge in [-0.3, -0.25) is 19.4 Å². The van der Waals surface area contributed by atoms with E-state index in [4.69, 9.17) is 12.2 Å². The Balaban J connectivity index is 1.61. The third kappa shape index (κ3) is 4.14. The molecule has 1 fully saturated rings. The maximum absolute atomic E-state index is 13.3.